The minimum atomic E-state index is -3.80. The largest absolute Gasteiger partial charge is 0.351 e. The Morgan fingerprint density at radius 2 is 1.84 bits per heavy atom. The van der Waals surface area contributed by atoms with Crippen LogP contribution in [0, 0.1) is 0 Å². The molecule has 0 bridgehead atoms. The van der Waals surface area contributed by atoms with Crippen LogP contribution in [0.25, 0.3) is 0 Å². The van der Waals surface area contributed by atoms with Gasteiger partial charge in [0, 0.05) is 28.8 Å². The molecule has 1 saturated heterocycles. The number of imide groups is 2. The van der Waals surface area contributed by atoms with E-state index < -0.39 is 53.1 Å². The van der Waals surface area contributed by atoms with Crippen LogP contribution in [0.3, 0.4) is 0 Å². The van der Waals surface area contributed by atoms with E-state index >= 15 is 0 Å². The Balaban J connectivity index is 1.44. The van der Waals surface area contributed by atoms with Crippen LogP contribution in [0.2, 0.25) is 5.02 Å². The van der Waals surface area contributed by atoms with Crippen LogP contribution < -0.4 is 16.0 Å². The Morgan fingerprint density at radius 3 is 2.51 bits per heavy atom. The second kappa shape index (κ2) is 10.1. The Kier molecular flexibility index (Phi) is 7.08. The van der Waals surface area contributed by atoms with Gasteiger partial charge >= 0.3 is 5.92 Å². The summed E-state index contributed by atoms with van der Waals surface area (Å²) in [6, 6.07) is 9.03. The summed E-state index contributed by atoms with van der Waals surface area (Å²) in [5.74, 6) is -7.95. The number of nitrogens with zero attached hydrogens (tertiary/aromatic N) is 1. The van der Waals surface area contributed by atoms with Crippen LogP contribution in [-0.4, -0.2) is 40.5 Å². The van der Waals surface area contributed by atoms with Gasteiger partial charge in [0.1, 0.15) is 11.7 Å². The number of rotatable bonds is 7. The van der Waals surface area contributed by atoms with Crippen molar-refractivity contribution in [1.29, 1.82) is 0 Å². The van der Waals surface area contributed by atoms with Crippen molar-refractivity contribution in [1.82, 2.24) is 15.5 Å². The first-order valence-electron chi connectivity index (χ1n) is 11.2. The van der Waals surface area contributed by atoms with Crippen molar-refractivity contribution in [3.63, 3.8) is 0 Å². The van der Waals surface area contributed by atoms with Crippen LogP contribution in [0.5, 0.6) is 0 Å². The molecule has 0 aliphatic carbocycles. The van der Waals surface area contributed by atoms with Crippen LogP contribution in [0.1, 0.15) is 36.9 Å². The van der Waals surface area contributed by atoms with Gasteiger partial charge in [-0.15, -0.1) is 0 Å². The highest BCUT2D eigenvalue weighted by atomic mass is 35.5. The summed E-state index contributed by atoms with van der Waals surface area (Å²) >= 11 is 5.73. The number of nitrogens with one attached hydrogen (secondary N) is 3. The lowest BCUT2D eigenvalue weighted by molar-refractivity contribution is -0.149. The maximum Gasteiger partial charge on any atom is 0.349 e. The summed E-state index contributed by atoms with van der Waals surface area (Å²) in [4.78, 5) is 61.9. The molecule has 0 saturated carbocycles. The zero-order chi connectivity index (χ0) is 26.9. The van der Waals surface area contributed by atoms with E-state index in [0.717, 1.165) is 23.1 Å². The lowest BCUT2D eigenvalue weighted by atomic mass is 10.0. The third-order valence-corrected chi connectivity index (χ3v) is 6.23. The molecule has 0 spiro atoms. The average Bonchev–Trinajstić information content (AvgIpc) is 3.12. The molecule has 2 aliphatic rings. The number of alkyl halides is 2. The Morgan fingerprint density at radius 1 is 1.14 bits per heavy atom. The number of carbonyl (C=O) groups excluding carboxylic acids is 5. The number of hydrogen-bond acceptors (Lipinski definition) is 6. The van der Waals surface area contributed by atoms with Crippen LogP contribution in [0.4, 0.5) is 14.5 Å². The number of benzene rings is 2. The lowest BCUT2D eigenvalue weighted by Gasteiger charge is -2.28. The number of anilines is 1. The highest BCUT2D eigenvalue weighted by Gasteiger charge is 2.43. The second-order valence-electron chi connectivity index (χ2n) is 8.57. The van der Waals surface area contributed by atoms with Crippen molar-refractivity contribution in [3.8, 4) is 0 Å². The van der Waals surface area contributed by atoms with Crippen molar-refractivity contribution < 1.29 is 32.8 Å². The fraction of sp³-hybridized carbons (Fsp3) is 0.240. The third kappa shape index (κ3) is 5.36. The van der Waals surface area contributed by atoms with E-state index in [1.807, 2.05) is 0 Å². The zero-order valence-electron chi connectivity index (χ0n) is 19.4. The maximum absolute atomic E-state index is 14.6. The van der Waals surface area contributed by atoms with Crippen molar-refractivity contribution >= 4 is 46.8 Å². The lowest BCUT2D eigenvalue weighted by Crippen LogP contribution is -2.54. The normalized spacial score (nSPS) is 18.9. The topological polar surface area (TPSA) is 125 Å². The zero-order valence-corrected chi connectivity index (χ0v) is 20.1. The van der Waals surface area contributed by atoms with Crippen molar-refractivity contribution in [3.05, 3.63) is 76.5 Å². The van der Waals surface area contributed by atoms with Gasteiger partial charge in [-0.25, -0.2) is 0 Å². The van der Waals surface area contributed by atoms with Gasteiger partial charge < -0.3 is 10.6 Å². The minimum absolute atomic E-state index is 0.00104. The Hall–Kier alpha value is -4.12. The average molecular weight is 531 g/mol. The van der Waals surface area contributed by atoms with Crippen LogP contribution >= 0.6 is 11.6 Å². The molecule has 2 atom stereocenters. The van der Waals surface area contributed by atoms with Crippen molar-refractivity contribution in [2.24, 2.45) is 0 Å². The smallest absolute Gasteiger partial charge is 0.349 e. The standard InChI is InChI=1S/C25H21ClF2N4O5/c1-13(29-24(37)25(27,28)15-5-7-16(26)8-6-15)14-3-2-4-17(11-14)30-18-12-21(34)32(23(18)36)19-9-10-20(33)31-22(19)35/h2-8,11-13,19,30H,9-10H2,1H3,(H,29,37)(H,31,33,35). The molecule has 2 heterocycles. The minimum Gasteiger partial charge on any atom is -0.351 e. The molecule has 2 aliphatic heterocycles. The molecular weight excluding hydrogens is 510 g/mol. The Labute approximate surface area is 214 Å². The van der Waals surface area contributed by atoms with Gasteiger partial charge in [-0.05, 0) is 43.2 Å². The van der Waals surface area contributed by atoms with Gasteiger partial charge in [-0.2, -0.15) is 8.78 Å². The quantitative estimate of drug-likeness (QED) is 0.473. The monoisotopic (exact) mass is 530 g/mol. The van der Waals surface area contributed by atoms with Crippen molar-refractivity contribution in [2.45, 2.75) is 37.8 Å². The molecule has 5 amide bonds. The summed E-state index contributed by atoms with van der Waals surface area (Å²) in [6.07, 6.45) is 1.06. The first kappa shape index (κ1) is 26.0. The first-order chi connectivity index (χ1) is 17.5. The molecule has 9 nitrogen and oxygen atoms in total. The second-order valence-corrected chi connectivity index (χ2v) is 9.00. The van der Waals surface area contributed by atoms with Gasteiger partial charge in [0.15, 0.2) is 0 Å². The van der Waals surface area contributed by atoms with Crippen LogP contribution in [0.15, 0.2) is 60.3 Å². The molecule has 1 fully saturated rings. The number of amides is 5. The summed E-state index contributed by atoms with van der Waals surface area (Å²) in [6.45, 7) is 1.52. The number of halogens is 3. The number of carbonyl (C=O) groups is 5. The molecule has 192 valence electrons. The van der Waals surface area contributed by atoms with Crippen molar-refractivity contribution in [2.75, 3.05) is 5.32 Å². The van der Waals surface area contributed by atoms with E-state index in [2.05, 4.69) is 16.0 Å². The van der Waals surface area contributed by atoms with E-state index in [4.69, 9.17) is 11.6 Å². The van der Waals surface area contributed by atoms with E-state index in [1.165, 1.54) is 25.1 Å². The third-order valence-electron chi connectivity index (χ3n) is 5.98. The molecule has 37 heavy (non-hydrogen) atoms. The molecule has 2 unspecified atom stereocenters. The molecule has 2 aromatic carbocycles. The van der Waals surface area contributed by atoms with Gasteiger partial charge in [-0.3, -0.25) is 34.2 Å². The van der Waals surface area contributed by atoms with Gasteiger partial charge in [-0.1, -0.05) is 35.9 Å². The summed E-state index contributed by atoms with van der Waals surface area (Å²) in [5.41, 5.74) is 0.192. The van der Waals surface area contributed by atoms with Gasteiger partial charge in [0.05, 0.1) is 6.04 Å². The predicted octanol–water partition coefficient (Wildman–Crippen LogP) is 2.78. The van der Waals surface area contributed by atoms with Gasteiger partial charge in [0.2, 0.25) is 11.8 Å². The maximum atomic E-state index is 14.6. The van der Waals surface area contributed by atoms with Crippen LogP contribution in [-0.2, 0) is 29.9 Å². The van der Waals surface area contributed by atoms with E-state index in [1.54, 1.807) is 18.2 Å². The summed E-state index contributed by atoms with van der Waals surface area (Å²) in [5, 5.41) is 7.45. The van der Waals surface area contributed by atoms with E-state index in [-0.39, 0.29) is 23.6 Å². The molecule has 12 heteroatoms. The first-order valence-corrected chi connectivity index (χ1v) is 11.6. The highest BCUT2D eigenvalue weighted by molar-refractivity contribution is 6.30. The molecular formula is C25H21ClF2N4O5. The van der Waals surface area contributed by atoms with E-state index in [0.29, 0.717) is 11.3 Å². The highest BCUT2D eigenvalue weighted by Crippen LogP contribution is 2.31. The number of piperidine rings is 1. The predicted molar refractivity (Wildman–Crippen MR) is 128 cm³/mol. The molecule has 4 rings (SSSR count). The number of hydrogen-bond donors (Lipinski definition) is 3. The summed E-state index contributed by atoms with van der Waals surface area (Å²) < 4.78 is 29.3. The molecule has 0 aromatic heterocycles. The molecule has 3 N–H and O–H groups in total. The summed E-state index contributed by atoms with van der Waals surface area (Å²) in [7, 11) is 0. The SMILES string of the molecule is CC(NC(=O)C(F)(F)c1ccc(Cl)cc1)c1cccc(NC2=CC(=O)N(C3CCC(=O)NC3=O)C2=O)c1. The Bertz CT molecular complexity index is 1330. The van der Waals surface area contributed by atoms with Gasteiger partial charge in [0.25, 0.3) is 17.7 Å². The fourth-order valence-corrected chi connectivity index (χ4v) is 4.13. The fourth-order valence-electron chi connectivity index (χ4n) is 4.00. The molecule has 0 radical (unpaired) electrons. The van der Waals surface area contributed by atoms with E-state index in [9.17, 15) is 32.8 Å². The molecule has 2 aromatic rings.